The number of carbonyl (C=O) groups is 1. The first-order valence-corrected chi connectivity index (χ1v) is 7.06. The fourth-order valence-corrected chi connectivity index (χ4v) is 2.10. The second kappa shape index (κ2) is 7.16. The van der Waals surface area contributed by atoms with Gasteiger partial charge in [-0.05, 0) is 48.4 Å². The van der Waals surface area contributed by atoms with Crippen molar-refractivity contribution in [1.82, 2.24) is 5.32 Å². The molecule has 0 fully saturated rings. The quantitative estimate of drug-likeness (QED) is 0.812. The highest BCUT2D eigenvalue weighted by Gasteiger charge is 2.04. The summed E-state index contributed by atoms with van der Waals surface area (Å²) in [5.41, 5.74) is 2.41. The average Bonchev–Trinajstić information content (AvgIpc) is 2.44. The van der Waals surface area contributed by atoms with Crippen LogP contribution in [0.4, 0.5) is 10.5 Å². The maximum absolute atomic E-state index is 11.8. The molecule has 0 spiro atoms. The summed E-state index contributed by atoms with van der Waals surface area (Å²) in [6.45, 7) is 1.85. The van der Waals surface area contributed by atoms with Crippen LogP contribution < -0.4 is 10.6 Å². The van der Waals surface area contributed by atoms with E-state index in [4.69, 9.17) is 23.2 Å². The Morgan fingerprint density at radius 1 is 1.14 bits per heavy atom. The molecule has 0 saturated heterocycles. The Morgan fingerprint density at radius 2 is 1.90 bits per heavy atom. The second-order valence-electron chi connectivity index (χ2n) is 4.40. The summed E-state index contributed by atoms with van der Waals surface area (Å²) >= 11 is 11.9. The second-order valence-corrected chi connectivity index (χ2v) is 5.24. The van der Waals surface area contributed by atoms with Crippen LogP contribution in [0.5, 0.6) is 0 Å². The first kappa shape index (κ1) is 15.4. The Morgan fingerprint density at radius 3 is 2.67 bits per heavy atom. The minimum Gasteiger partial charge on any atom is -0.314 e. The largest absolute Gasteiger partial charge is 0.323 e. The molecule has 0 heterocycles. The van der Waals surface area contributed by atoms with Crippen LogP contribution in [0.25, 0.3) is 6.08 Å². The Kier molecular flexibility index (Phi) is 5.26. The zero-order valence-corrected chi connectivity index (χ0v) is 12.9. The predicted molar refractivity (Wildman–Crippen MR) is 88.8 cm³/mol. The molecule has 0 radical (unpaired) electrons. The van der Waals surface area contributed by atoms with Crippen molar-refractivity contribution >= 4 is 41.0 Å². The number of halogens is 2. The maximum atomic E-state index is 11.8. The van der Waals surface area contributed by atoms with Crippen molar-refractivity contribution < 1.29 is 4.79 Å². The molecular formula is C16H14Cl2N2O. The van der Waals surface area contributed by atoms with Crippen LogP contribution in [-0.2, 0) is 0 Å². The smallest absolute Gasteiger partial charge is 0.314 e. The zero-order valence-electron chi connectivity index (χ0n) is 11.4. The highest BCUT2D eigenvalue weighted by Crippen LogP contribution is 2.22. The summed E-state index contributed by atoms with van der Waals surface area (Å²) in [6, 6.07) is 12.4. The van der Waals surface area contributed by atoms with E-state index in [9.17, 15) is 4.79 Å². The zero-order chi connectivity index (χ0) is 15.2. The summed E-state index contributed by atoms with van der Waals surface area (Å²) in [5, 5.41) is 6.63. The van der Waals surface area contributed by atoms with Crippen LogP contribution in [0.2, 0.25) is 10.0 Å². The summed E-state index contributed by atoms with van der Waals surface area (Å²) < 4.78 is 0. The van der Waals surface area contributed by atoms with Gasteiger partial charge in [-0.1, -0.05) is 41.4 Å². The predicted octanol–water partition coefficient (Wildman–Crippen LogP) is 5.09. The van der Waals surface area contributed by atoms with Crippen LogP contribution in [0.15, 0.2) is 48.7 Å². The first-order valence-electron chi connectivity index (χ1n) is 6.31. The van der Waals surface area contributed by atoms with Gasteiger partial charge in [-0.3, -0.25) is 0 Å². The van der Waals surface area contributed by atoms with E-state index in [1.807, 2.05) is 19.1 Å². The highest BCUT2D eigenvalue weighted by molar-refractivity contribution is 6.31. The van der Waals surface area contributed by atoms with Crippen molar-refractivity contribution in [2.24, 2.45) is 0 Å². The van der Waals surface area contributed by atoms with Gasteiger partial charge < -0.3 is 10.6 Å². The normalized spacial score (nSPS) is 10.6. The lowest BCUT2D eigenvalue weighted by molar-refractivity contribution is 0.255. The van der Waals surface area contributed by atoms with Crippen LogP contribution in [-0.4, -0.2) is 6.03 Å². The Labute approximate surface area is 133 Å². The minimum absolute atomic E-state index is 0.335. The number of rotatable bonds is 3. The van der Waals surface area contributed by atoms with Gasteiger partial charge in [-0.15, -0.1) is 0 Å². The molecule has 2 aromatic carbocycles. The molecule has 3 nitrogen and oxygen atoms in total. The van der Waals surface area contributed by atoms with Crippen molar-refractivity contribution in [3.8, 4) is 0 Å². The van der Waals surface area contributed by atoms with E-state index < -0.39 is 0 Å². The van der Waals surface area contributed by atoms with Crippen molar-refractivity contribution in [3.63, 3.8) is 0 Å². The number of amides is 2. The molecule has 108 valence electrons. The van der Waals surface area contributed by atoms with E-state index in [2.05, 4.69) is 10.6 Å². The molecular weight excluding hydrogens is 307 g/mol. The molecule has 0 saturated carbocycles. The molecule has 0 aromatic heterocycles. The summed E-state index contributed by atoms with van der Waals surface area (Å²) in [7, 11) is 0. The van der Waals surface area contributed by atoms with Crippen molar-refractivity contribution in [2.45, 2.75) is 6.92 Å². The van der Waals surface area contributed by atoms with Crippen LogP contribution >= 0.6 is 23.2 Å². The number of anilines is 1. The summed E-state index contributed by atoms with van der Waals surface area (Å²) in [6.07, 6.45) is 3.32. The molecule has 5 heteroatoms. The van der Waals surface area contributed by atoms with Gasteiger partial charge in [0.05, 0.1) is 0 Å². The summed E-state index contributed by atoms with van der Waals surface area (Å²) in [4.78, 5) is 11.8. The lowest BCUT2D eigenvalue weighted by Gasteiger charge is -2.08. The van der Waals surface area contributed by atoms with Crippen LogP contribution in [0.3, 0.4) is 0 Å². The lowest BCUT2D eigenvalue weighted by atomic mass is 10.2. The summed E-state index contributed by atoms with van der Waals surface area (Å²) in [5.74, 6) is 0. The fraction of sp³-hybridized carbons (Fsp3) is 0.0625. The van der Waals surface area contributed by atoms with Gasteiger partial charge in [0.1, 0.15) is 0 Å². The third-order valence-electron chi connectivity index (χ3n) is 2.85. The van der Waals surface area contributed by atoms with E-state index in [1.54, 1.807) is 42.6 Å². The molecule has 2 amide bonds. The highest BCUT2D eigenvalue weighted by atomic mass is 35.5. The van der Waals surface area contributed by atoms with Gasteiger partial charge in [0.2, 0.25) is 0 Å². The minimum atomic E-state index is -0.335. The third kappa shape index (κ3) is 4.52. The van der Waals surface area contributed by atoms with Gasteiger partial charge in [-0.2, -0.15) is 0 Å². The van der Waals surface area contributed by atoms with Gasteiger partial charge in [0.15, 0.2) is 0 Å². The molecule has 0 aliphatic rings. The Bertz CT molecular complexity index is 684. The topological polar surface area (TPSA) is 41.1 Å². The SMILES string of the molecule is Cc1c(Cl)cccc1NC(=O)N/C=C/c1cccc(Cl)c1. The molecule has 21 heavy (non-hydrogen) atoms. The molecule has 0 unspecified atom stereocenters. The number of urea groups is 1. The molecule has 2 N–H and O–H groups in total. The van der Waals surface area contributed by atoms with E-state index in [0.29, 0.717) is 15.7 Å². The van der Waals surface area contributed by atoms with Crippen LogP contribution in [0, 0.1) is 6.92 Å². The molecule has 0 bridgehead atoms. The number of carbonyl (C=O) groups excluding carboxylic acids is 1. The maximum Gasteiger partial charge on any atom is 0.323 e. The van der Waals surface area contributed by atoms with E-state index in [1.165, 1.54) is 0 Å². The Balaban J connectivity index is 1.95. The Hall–Kier alpha value is -1.97. The number of hydrogen-bond donors (Lipinski definition) is 2. The standard InChI is InChI=1S/C16H14Cl2N2O/c1-11-14(18)6-3-7-15(11)20-16(21)19-9-8-12-4-2-5-13(17)10-12/h2-10H,1H3,(H2,19,20,21)/b9-8+. The van der Waals surface area contributed by atoms with E-state index in [-0.39, 0.29) is 6.03 Å². The molecule has 0 atom stereocenters. The van der Waals surface area contributed by atoms with Gasteiger partial charge >= 0.3 is 6.03 Å². The average molecular weight is 321 g/mol. The molecule has 2 aromatic rings. The fourth-order valence-electron chi connectivity index (χ4n) is 1.73. The van der Waals surface area contributed by atoms with Crippen molar-refractivity contribution in [3.05, 3.63) is 69.8 Å². The van der Waals surface area contributed by atoms with Gasteiger partial charge in [0, 0.05) is 21.9 Å². The molecule has 0 aliphatic heterocycles. The molecule has 2 rings (SSSR count). The van der Waals surface area contributed by atoms with Gasteiger partial charge in [0.25, 0.3) is 0 Å². The monoisotopic (exact) mass is 320 g/mol. The number of benzene rings is 2. The van der Waals surface area contributed by atoms with Crippen molar-refractivity contribution in [2.75, 3.05) is 5.32 Å². The molecule has 0 aliphatic carbocycles. The third-order valence-corrected chi connectivity index (χ3v) is 3.50. The van der Waals surface area contributed by atoms with Gasteiger partial charge in [-0.25, -0.2) is 4.79 Å². The van der Waals surface area contributed by atoms with Crippen molar-refractivity contribution in [1.29, 1.82) is 0 Å². The number of hydrogen-bond acceptors (Lipinski definition) is 1. The lowest BCUT2D eigenvalue weighted by Crippen LogP contribution is -2.24. The number of nitrogens with one attached hydrogen (secondary N) is 2. The van der Waals surface area contributed by atoms with E-state index in [0.717, 1.165) is 11.1 Å². The van der Waals surface area contributed by atoms with E-state index >= 15 is 0 Å². The van der Waals surface area contributed by atoms with Crippen LogP contribution in [0.1, 0.15) is 11.1 Å². The first-order chi connectivity index (χ1) is 10.1.